The van der Waals surface area contributed by atoms with Gasteiger partial charge in [0, 0.05) is 18.8 Å². The zero-order chi connectivity index (χ0) is 8.27. The minimum atomic E-state index is 0.498. The smallest absolute Gasteiger partial charge is 0.0317 e. The summed E-state index contributed by atoms with van der Waals surface area (Å²) >= 11 is 0. The quantitative estimate of drug-likeness (QED) is 0.528. The SMILES string of the molecule is NCc1ccc(N)cc1CN. The van der Waals surface area contributed by atoms with Crippen LogP contribution in [0, 0.1) is 0 Å². The van der Waals surface area contributed by atoms with Crippen LogP contribution in [-0.4, -0.2) is 0 Å². The molecule has 0 aliphatic rings. The molecule has 0 aromatic heterocycles. The average Bonchev–Trinajstić information content (AvgIpc) is 2.04. The molecular formula is C8H13N3. The van der Waals surface area contributed by atoms with E-state index in [0.717, 1.165) is 16.8 Å². The third kappa shape index (κ3) is 1.69. The molecule has 0 aliphatic heterocycles. The van der Waals surface area contributed by atoms with E-state index >= 15 is 0 Å². The monoisotopic (exact) mass is 151 g/mol. The molecule has 0 heterocycles. The van der Waals surface area contributed by atoms with Gasteiger partial charge in [-0.25, -0.2) is 0 Å². The number of rotatable bonds is 2. The second kappa shape index (κ2) is 3.37. The molecule has 0 unspecified atom stereocenters. The Kier molecular flexibility index (Phi) is 2.46. The Morgan fingerprint density at radius 3 is 2.18 bits per heavy atom. The maximum Gasteiger partial charge on any atom is 0.0317 e. The third-order valence-corrected chi connectivity index (χ3v) is 1.67. The molecule has 1 aromatic carbocycles. The van der Waals surface area contributed by atoms with Crippen molar-refractivity contribution in [2.45, 2.75) is 13.1 Å². The highest BCUT2D eigenvalue weighted by Gasteiger charge is 1.97. The molecule has 3 nitrogen and oxygen atoms in total. The molecule has 0 aliphatic carbocycles. The lowest BCUT2D eigenvalue weighted by Crippen LogP contribution is -2.06. The molecule has 0 spiro atoms. The molecule has 1 aromatic rings. The summed E-state index contributed by atoms with van der Waals surface area (Å²) in [7, 11) is 0. The lowest BCUT2D eigenvalue weighted by atomic mass is 10.1. The van der Waals surface area contributed by atoms with Gasteiger partial charge in [0.15, 0.2) is 0 Å². The Balaban J connectivity index is 3.06. The molecule has 0 fully saturated rings. The zero-order valence-electron chi connectivity index (χ0n) is 6.38. The Morgan fingerprint density at radius 2 is 1.64 bits per heavy atom. The molecule has 60 valence electrons. The Hall–Kier alpha value is -1.06. The number of hydrogen-bond donors (Lipinski definition) is 3. The van der Waals surface area contributed by atoms with Gasteiger partial charge in [0.05, 0.1) is 0 Å². The van der Waals surface area contributed by atoms with Gasteiger partial charge in [-0.15, -0.1) is 0 Å². The van der Waals surface area contributed by atoms with Gasteiger partial charge >= 0.3 is 0 Å². The van der Waals surface area contributed by atoms with Gasteiger partial charge in [-0.1, -0.05) is 6.07 Å². The van der Waals surface area contributed by atoms with Crippen LogP contribution in [0.3, 0.4) is 0 Å². The van der Waals surface area contributed by atoms with E-state index in [4.69, 9.17) is 17.2 Å². The number of benzene rings is 1. The van der Waals surface area contributed by atoms with E-state index in [1.165, 1.54) is 0 Å². The molecule has 0 amide bonds. The maximum atomic E-state index is 5.56. The molecule has 3 heteroatoms. The van der Waals surface area contributed by atoms with Gasteiger partial charge in [0.2, 0.25) is 0 Å². The number of nitrogens with two attached hydrogens (primary N) is 3. The van der Waals surface area contributed by atoms with E-state index in [2.05, 4.69) is 0 Å². The van der Waals surface area contributed by atoms with Gasteiger partial charge in [0.25, 0.3) is 0 Å². The van der Waals surface area contributed by atoms with Gasteiger partial charge in [0.1, 0.15) is 0 Å². The molecular weight excluding hydrogens is 138 g/mol. The van der Waals surface area contributed by atoms with E-state index in [-0.39, 0.29) is 0 Å². The van der Waals surface area contributed by atoms with Crippen LogP contribution in [0.4, 0.5) is 5.69 Å². The van der Waals surface area contributed by atoms with Crippen molar-refractivity contribution in [2.24, 2.45) is 11.5 Å². The summed E-state index contributed by atoms with van der Waals surface area (Å²) in [5.41, 5.74) is 19.4. The Bertz CT molecular complexity index is 245. The molecule has 1 rings (SSSR count). The summed E-state index contributed by atoms with van der Waals surface area (Å²) in [4.78, 5) is 0. The summed E-state index contributed by atoms with van der Waals surface area (Å²) < 4.78 is 0. The molecule has 0 saturated carbocycles. The summed E-state index contributed by atoms with van der Waals surface area (Å²) in [5, 5.41) is 0. The van der Waals surface area contributed by atoms with Crippen molar-refractivity contribution in [1.82, 2.24) is 0 Å². The maximum absolute atomic E-state index is 5.56. The van der Waals surface area contributed by atoms with Crippen LogP contribution in [0.5, 0.6) is 0 Å². The van der Waals surface area contributed by atoms with E-state index in [1.807, 2.05) is 18.2 Å². The minimum absolute atomic E-state index is 0.498. The standard InChI is InChI=1S/C8H13N3/c9-4-6-1-2-8(11)3-7(6)5-10/h1-3H,4-5,9-11H2. The molecule has 6 N–H and O–H groups in total. The summed E-state index contributed by atoms with van der Waals surface area (Å²) in [6.07, 6.45) is 0. The predicted octanol–water partition coefficient (Wildman–Crippen LogP) is 0.186. The van der Waals surface area contributed by atoms with Crippen LogP contribution in [0.25, 0.3) is 0 Å². The van der Waals surface area contributed by atoms with Crippen molar-refractivity contribution in [3.05, 3.63) is 29.3 Å². The van der Waals surface area contributed by atoms with Crippen LogP contribution in [-0.2, 0) is 13.1 Å². The first-order valence-corrected chi connectivity index (χ1v) is 3.55. The third-order valence-electron chi connectivity index (χ3n) is 1.67. The number of nitrogen functional groups attached to an aromatic ring is 1. The molecule has 0 saturated heterocycles. The fraction of sp³-hybridized carbons (Fsp3) is 0.250. The highest BCUT2D eigenvalue weighted by atomic mass is 14.6. The fourth-order valence-corrected chi connectivity index (χ4v) is 1.04. The van der Waals surface area contributed by atoms with Crippen LogP contribution in [0.15, 0.2) is 18.2 Å². The topological polar surface area (TPSA) is 78.1 Å². The lowest BCUT2D eigenvalue weighted by Gasteiger charge is -2.05. The van der Waals surface area contributed by atoms with Crippen molar-refractivity contribution < 1.29 is 0 Å². The predicted molar refractivity (Wildman–Crippen MR) is 46.6 cm³/mol. The average molecular weight is 151 g/mol. The Labute approximate surface area is 66.2 Å². The highest BCUT2D eigenvalue weighted by Crippen LogP contribution is 2.11. The van der Waals surface area contributed by atoms with E-state index in [9.17, 15) is 0 Å². The minimum Gasteiger partial charge on any atom is -0.399 e. The van der Waals surface area contributed by atoms with Crippen molar-refractivity contribution in [3.8, 4) is 0 Å². The van der Waals surface area contributed by atoms with Gasteiger partial charge in [-0.05, 0) is 23.3 Å². The van der Waals surface area contributed by atoms with Crippen molar-refractivity contribution >= 4 is 5.69 Å². The lowest BCUT2D eigenvalue weighted by molar-refractivity contribution is 0.981. The summed E-state index contributed by atoms with van der Waals surface area (Å²) in [6, 6.07) is 5.61. The first-order chi connectivity index (χ1) is 5.27. The van der Waals surface area contributed by atoms with Gasteiger partial charge in [-0.2, -0.15) is 0 Å². The van der Waals surface area contributed by atoms with E-state index in [0.29, 0.717) is 13.1 Å². The summed E-state index contributed by atoms with van der Waals surface area (Å²) in [6.45, 7) is 1.02. The van der Waals surface area contributed by atoms with Crippen LogP contribution in [0.1, 0.15) is 11.1 Å². The second-order valence-corrected chi connectivity index (χ2v) is 2.44. The van der Waals surface area contributed by atoms with E-state index in [1.54, 1.807) is 0 Å². The first kappa shape index (κ1) is 8.04. The van der Waals surface area contributed by atoms with Crippen molar-refractivity contribution in [2.75, 3.05) is 5.73 Å². The van der Waals surface area contributed by atoms with Crippen molar-refractivity contribution in [1.29, 1.82) is 0 Å². The van der Waals surface area contributed by atoms with Crippen LogP contribution in [0.2, 0.25) is 0 Å². The number of anilines is 1. The molecule has 0 atom stereocenters. The second-order valence-electron chi connectivity index (χ2n) is 2.44. The van der Waals surface area contributed by atoms with Gasteiger partial charge < -0.3 is 17.2 Å². The molecule has 0 bridgehead atoms. The highest BCUT2D eigenvalue weighted by molar-refractivity contribution is 5.44. The zero-order valence-corrected chi connectivity index (χ0v) is 6.38. The van der Waals surface area contributed by atoms with Crippen LogP contribution < -0.4 is 17.2 Å². The summed E-state index contributed by atoms with van der Waals surface area (Å²) in [5.74, 6) is 0. The molecule has 11 heavy (non-hydrogen) atoms. The molecule has 0 radical (unpaired) electrons. The van der Waals surface area contributed by atoms with Crippen molar-refractivity contribution in [3.63, 3.8) is 0 Å². The Morgan fingerprint density at radius 1 is 1.00 bits per heavy atom. The largest absolute Gasteiger partial charge is 0.399 e. The number of hydrogen-bond acceptors (Lipinski definition) is 3. The fourth-order valence-electron chi connectivity index (χ4n) is 1.04. The first-order valence-electron chi connectivity index (χ1n) is 3.55. The van der Waals surface area contributed by atoms with E-state index < -0.39 is 0 Å². The van der Waals surface area contributed by atoms with Crippen LogP contribution >= 0.6 is 0 Å². The normalized spacial score (nSPS) is 10.0. The van der Waals surface area contributed by atoms with Gasteiger partial charge in [-0.3, -0.25) is 0 Å².